The van der Waals surface area contributed by atoms with Crippen molar-refractivity contribution in [2.24, 2.45) is 0 Å². The summed E-state index contributed by atoms with van der Waals surface area (Å²) in [7, 11) is 4.78. The Bertz CT molecular complexity index is 927. The van der Waals surface area contributed by atoms with Crippen molar-refractivity contribution in [1.29, 1.82) is 0 Å². The van der Waals surface area contributed by atoms with E-state index < -0.39 is 0 Å². The highest BCUT2D eigenvalue weighted by atomic mass is 16.5. The third kappa shape index (κ3) is 4.59. The molecule has 0 aliphatic heterocycles. The summed E-state index contributed by atoms with van der Waals surface area (Å²) >= 11 is 0. The van der Waals surface area contributed by atoms with Gasteiger partial charge in [0, 0.05) is 13.1 Å². The molecule has 1 amide bonds. The van der Waals surface area contributed by atoms with Gasteiger partial charge < -0.3 is 23.6 Å². The van der Waals surface area contributed by atoms with Gasteiger partial charge in [-0.15, -0.1) is 0 Å². The second-order valence-corrected chi connectivity index (χ2v) is 5.93. The van der Waals surface area contributed by atoms with E-state index in [4.69, 9.17) is 18.7 Å². The lowest BCUT2D eigenvalue weighted by molar-refractivity contribution is -0.132. The Morgan fingerprint density at radius 3 is 2.57 bits per heavy atom. The number of rotatable bonds is 8. The summed E-state index contributed by atoms with van der Waals surface area (Å²) in [5, 5.41) is 3.98. The first-order valence-corrected chi connectivity index (χ1v) is 8.57. The minimum atomic E-state index is -0.203. The van der Waals surface area contributed by atoms with Crippen LogP contribution >= 0.6 is 0 Å². The van der Waals surface area contributed by atoms with Crippen molar-refractivity contribution in [2.45, 2.75) is 6.54 Å². The highest BCUT2D eigenvalue weighted by Crippen LogP contribution is 2.31. The van der Waals surface area contributed by atoms with Crippen molar-refractivity contribution >= 4 is 5.91 Å². The van der Waals surface area contributed by atoms with E-state index in [0.29, 0.717) is 34.5 Å². The van der Waals surface area contributed by atoms with E-state index in [0.717, 1.165) is 0 Å². The van der Waals surface area contributed by atoms with Gasteiger partial charge in [0.15, 0.2) is 6.61 Å². The van der Waals surface area contributed by atoms with Crippen molar-refractivity contribution in [2.75, 3.05) is 27.9 Å². The number of hydrogen-bond donors (Lipinski definition) is 0. The number of likely N-dealkylation sites (N-methyl/N-ethyl adjacent to an activating group) is 1. The zero-order valence-electron chi connectivity index (χ0n) is 15.9. The molecule has 0 atom stereocenters. The molecule has 0 fully saturated rings. The first-order chi connectivity index (χ1) is 13.6. The van der Waals surface area contributed by atoms with Gasteiger partial charge in [-0.2, -0.15) is 4.98 Å². The molecule has 3 rings (SSSR count). The predicted octanol–water partition coefficient (Wildman–Crippen LogP) is 2.79. The van der Waals surface area contributed by atoms with Crippen LogP contribution in [0, 0.1) is 0 Å². The molecule has 28 heavy (non-hydrogen) atoms. The van der Waals surface area contributed by atoms with Crippen molar-refractivity contribution < 1.29 is 23.5 Å². The van der Waals surface area contributed by atoms with Gasteiger partial charge >= 0.3 is 0 Å². The minimum Gasteiger partial charge on any atom is -0.497 e. The third-order valence-corrected chi connectivity index (χ3v) is 4.02. The maximum Gasteiger partial charge on any atom is 0.260 e. The van der Waals surface area contributed by atoms with E-state index >= 15 is 0 Å². The molecule has 2 aromatic carbocycles. The molecule has 146 valence electrons. The first-order valence-electron chi connectivity index (χ1n) is 8.57. The molecular weight excluding hydrogens is 362 g/mol. The number of para-hydroxylation sites is 1. The van der Waals surface area contributed by atoms with Crippen LogP contribution in [0.4, 0.5) is 0 Å². The van der Waals surface area contributed by atoms with Crippen LogP contribution in [0.5, 0.6) is 17.2 Å². The lowest BCUT2D eigenvalue weighted by atomic mass is 10.2. The number of methoxy groups -OCH3 is 2. The summed E-state index contributed by atoms with van der Waals surface area (Å²) in [6.45, 7) is 0.0935. The summed E-state index contributed by atoms with van der Waals surface area (Å²) in [6.07, 6.45) is 0. The summed E-state index contributed by atoms with van der Waals surface area (Å²) < 4.78 is 21.3. The summed E-state index contributed by atoms with van der Waals surface area (Å²) in [6, 6.07) is 14.5. The Labute approximate surface area is 162 Å². The third-order valence-electron chi connectivity index (χ3n) is 4.02. The second kappa shape index (κ2) is 8.90. The normalized spacial score (nSPS) is 10.4. The Morgan fingerprint density at radius 1 is 1.07 bits per heavy atom. The second-order valence-electron chi connectivity index (χ2n) is 5.93. The van der Waals surface area contributed by atoms with E-state index in [2.05, 4.69) is 10.1 Å². The quantitative estimate of drug-likeness (QED) is 0.591. The van der Waals surface area contributed by atoms with Crippen LogP contribution in [0.2, 0.25) is 0 Å². The fraction of sp³-hybridized carbons (Fsp3) is 0.250. The number of carbonyl (C=O) groups excluding carboxylic acids is 1. The molecule has 8 nitrogen and oxygen atoms in total. The molecule has 1 heterocycles. The summed E-state index contributed by atoms with van der Waals surface area (Å²) in [5.41, 5.74) is 0.666. The van der Waals surface area contributed by atoms with Gasteiger partial charge in [-0.25, -0.2) is 0 Å². The fourth-order valence-corrected chi connectivity index (χ4v) is 2.47. The molecule has 0 aliphatic carbocycles. The average Bonchev–Trinajstić information content (AvgIpc) is 3.20. The Balaban J connectivity index is 1.63. The Hall–Kier alpha value is -3.55. The average molecular weight is 383 g/mol. The molecule has 0 aliphatic rings. The molecule has 8 heteroatoms. The number of amides is 1. The van der Waals surface area contributed by atoms with E-state index in [9.17, 15) is 4.79 Å². The molecule has 1 aromatic heterocycles. The van der Waals surface area contributed by atoms with E-state index in [1.54, 1.807) is 51.6 Å². The van der Waals surface area contributed by atoms with Crippen LogP contribution in [0.3, 0.4) is 0 Å². The van der Waals surface area contributed by atoms with Crippen LogP contribution in [0.1, 0.15) is 5.89 Å². The predicted molar refractivity (Wildman–Crippen MR) is 101 cm³/mol. The van der Waals surface area contributed by atoms with Crippen molar-refractivity contribution in [3.8, 4) is 28.6 Å². The maximum atomic E-state index is 12.2. The van der Waals surface area contributed by atoms with Gasteiger partial charge in [0.25, 0.3) is 5.91 Å². The van der Waals surface area contributed by atoms with E-state index in [-0.39, 0.29) is 19.1 Å². The highest BCUT2D eigenvalue weighted by molar-refractivity contribution is 5.77. The molecule has 0 saturated carbocycles. The SMILES string of the molecule is COc1ccc(-c2noc(CN(C)C(=O)COc3ccccc3)n2)c(OC)c1. The van der Waals surface area contributed by atoms with Crippen molar-refractivity contribution in [1.82, 2.24) is 15.0 Å². The van der Waals surface area contributed by atoms with E-state index in [1.807, 2.05) is 18.2 Å². The van der Waals surface area contributed by atoms with Crippen molar-refractivity contribution in [3.63, 3.8) is 0 Å². The van der Waals surface area contributed by atoms with Gasteiger partial charge in [0.05, 0.1) is 26.3 Å². The smallest absolute Gasteiger partial charge is 0.260 e. The molecule has 3 aromatic rings. The highest BCUT2D eigenvalue weighted by Gasteiger charge is 2.17. The molecule has 0 N–H and O–H groups in total. The van der Waals surface area contributed by atoms with Crippen molar-refractivity contribution in [3.05, 3.63) is 54.4 Å². The Kier molecular flexibility index (Phi) is 6.11. The fourth-order valence-electron chi connectivity index (χ4n) is 2.47. The van der Waals surface area contributed by atoms with Crippen LogP contribution in [-0.4, -0.2) is 48.8 Å². The maximum absolute atomic E-state index is 12.2. The van der Waals surface area contributed by atoms with Crippen LogP contribution in [0.15, 0.2) is 53.1 Å². The van der Waals surface area contributed by atoms with Gasteiger partial charge in [-0.3, -0.25) is 4.79 Å². The zero-order chi connectivity index (χ0) is 19.9. The summed E-state index contributed by atoms with van der Waals surface area (Å²) in [5.74, 6) is 2.33. The van der Waals surface area contributed by atoms with Gasteiger partial charge in [-0.1, -0.05) is 23.4 Å². The number of ether oxygens (including phenoxy) is 3. The van der Waals surface area contributed by atoms with Gasteiger partial charge in [0.2, 0.25) is 11.7 Å². The molecule has 0 saturated heterocycles. The van der Waals surface area contributed by atoms with Gasteiger partial charge in [0.1, 0.15) is 17.2 Å². The number of aromatic nitrogens is 2. The number of nitrogens with zero attached hydrogens (tertiary/aromatic N) is 3. The molecule has 0 bridgehead atoms. The lowest BCUT2D eigenvalue weighted by Gasteiger charge is -2.15. The van der Waals surface area contributed by atoms with Crippen LogP contribution in [0.25, 0.3) is 11.4 Å². The van der Waals surface area contributed by atoms with Crippen LogP contribution < -0.4 is 14.2 Å². The zero-order valence-corrected chi connectivity index (χ0v) is 15.9. The number of carbonyl (C=O) groups is 1. The molecule has 0 spiro atoms. The van der Waals surface area contributed by atoms with Crippen LogP contribution in [-0.2, 0) is 11.3 Å². The standard InChI is InChI=1S/C20H21N3O5/c1-23(19(24)13-27-14-7-5-4-6-8-14)12-18-21-20(22-28-18)16-10-9-15(25-2)11-17(16)26-3/h4-11H,12-13H2,1-3H3. The largest absolute Gasteiger partial charge is 0.497 e. The van der Waals surface area contributed by atoms with E-state index in [1.165, 1.54) is 4.90 Å². The van der Waals surface area contributed by atoms with Gasteiger partial charge in [-0.05, 0) is 24.3 Å². The molecule has 0 unspecified atom stereocenters. The monoisotopic (exact) mass is 383 g/mol. The minimum absolute atomic E-state index is 0.0756. The molecule has 0 radical (unpaired) electrons. The Morgan fingerprint density at radius 2 is 1.86 bits per heavy atom. The number of benzene rings is 2. The first kappa shape index (κ1) is 19.2. The summed E-state index contributed by atoms with van der Waals surface area (Å²) in [4.78, 5) is 18.1. The topological polar surface area (TPSA) is 86.9 Å². The molecular formula is C20H21N3O5. The number of hydrogen-bond acceptors (Lipinski definition) is 7. The lowest BCUT2D eigenvalue weighted by Crippen LogP contribution is -2.31.